The van der Waals surface area contributed by atoms with Crippen LogP contribution in [0.25, 0.3) is 0 Å². The summed E-state index contributed by atoms with van der Waals surface area (Å²) in [6.45, 7) is 2.84. The van der Waals surface area contributed by atoms with Gasteiger partial charge in [0.05, 0.1) is 6.10 Å². The first-order valence-electron chi connectivity index (χ1n) is 5.94. The number of aliphatic hydroxyl groups excluding tert-OH is 1. The van der Waals surface area contributed by atoms with Crippen molar-refractivity contribution in [3.05, 3.63) is 35.4 Å². The van der Waals surface area contributed by atoms with Crippen LogP contribution in [-0.2, 0) is 5.92 Å². The molecular weight excluding hydrogens is 305 g/mol. The molecule has 0 radical (unpaired) electrons. The molecule has 1 unspecified atom stereocenters. The van der Waals surface area contributed by atoms with Crippen LogP contribution >= 0.6 is 0 Å². The van der Waals surface area contributed by atoms with E-state index in [1.54, 1.807) is 0 Å². The van der Waals surface area contributed by atoms with Crippen molar-refractivity contribution in [1.82, 2.24) is 0 Å². The van der Waals surface area contributed by atoms with Crippen LogP contribution in [0.5, 0.6) is 0 Å². The second-order valence-corrected chi connectivity index (χ2v) is 4.92. The third-order valence-corrected chi connectivity index (χ3v) is 3.00. The Kier molecular flexibility index (Phi) is 4.62. The lowest BCUT2D eigenvalue weighted by atomic mass is 9.89. The molecule has 8 heteroatoms. The van der Waals surface area contributed by atoms with Crippen molar-refractivity contribution in [2.45, 2.75) is 38.0 Å². The highest BCUT2D eigenvalue weighted by atomic mass is 19.4. The van der Waals surface area contributed by atoms with Gasteiger partial charge in [0.15, 0.2) is 0 Å². The molecule has 0 aliphatic rings. The zero-order valence-electron chi connectivity index (χ0n) is 11.1. The first kappa shape index (κ1) is 17.7. The topological polar surface area (TPSA) is 20.2 Å². The van der Waals surface area contributed by atoms with Crippen LogP contribution in [0.3, 0.4) is 0 Å². The Bertz CT molecular complexity index is 494. The molecule has 1 aromatic carbocycles. The fraction of sp³-hybridized carbons (Fsp3) is 0.538. The quantitative estimate of drug-likeness (QED) is 0.800. The fourth-order valence-corrected chi connectivity index (χ4v) is 1.75. The van der Waals surface area contributed by atoms with E-state index < -0.39 is 41.2 Å². The number of halogens is 7. The summed E-state index contributed by atoms with van der Waals surface area (Å²) in [5.74, 6) is -12.4. The zero-order chi connectivity index (χ0) is 16.6. The van der Waals surface area contributed by atoms with E-state index in [1.807, 2.05) is 0 Å². The normalized spacial score (nSPS) is 15.4. The van der Waals surface area contributed by atoms with E-state index in [4.69, 9.17) is 0 Å². The molecule has 0 amide bonds. The van der Waals surface area contributed by atoms with Crippen LogP contribution in [0, 0.1) is 5.92 Å². The summed E-state index contributed by atoms with van der Waals surface area (Å²) in [5.41, 5.74) is -2.19. The summed E-state index contributed by atoms with van der Waals surface area (Å²) in [6.07, 6.45) is -8.00. The molecule has 0 saturated carbocycles. The van der Waals surface area contributed by atoms with Crippen molar-refractivity contribution in [2.75, 3.05) is 0 Å². The third-order valence-electron chi connectivity index (χ3n) is 3.00. The number of alkyl halides is 7. The molecule has 0 saturated heterocycles. The van der Waals surface area contributed by atoms with Gasteiger partial charge in [-0.1, -0.05) is 38.1 Å². The van der Waals surface area contributed by atoms with Crippen LogP contribution in [0.1, 0.15) is 31.1 Å². The summed E-state index contributed by atoms with van der Waals surface area (Å²) in [5, 5.41) is 9.75. The largest absolute Gasteiger partial charge is 0.460 e. The summed E-state index contributed by atoms with van der Waals surface area (Å²) < 4.78 is 90.3. The Morgan fingerprint density at radius 2 is 1.38 bits per heavy atom. The highest BCUT2D eigenvalue weighted by Crippen LogP contribution is 2.53. The predicted octanol–water partition coefficient (Wildman–Crippen LogP) is 4.67. The van der Waals surface area contributed by atoms with Crippen molar-refractivity contribution in [3.8, 4) is 0 Å². The molecule has 21 heavy (non-hydrogen) atoms. The minimum Gasteiger partial charge on any atom is -0.388 e. The van der Waals surface area contributed by atoms with Gasteiger partial charge >= 0.3 is 18.0 Å². The maximum Gasteiger partial charge on any atom is 0.460 e. The smallest absolute Gasteiger partial charge is 0.388 e. The van der Waals surface area contributed by atoms with Crippen LogP contribution in [0.15, 0.2) is 24.3 Å². The van der Waals surface area contributed by atoms with E-state index in [2.05, 4.69) is 0 Å². The fourth-order valence-electron chi connectivity index (χ4n) is 1.75. The van der Waals surface area contributed by atoms with Crippen molar-refractivity contribution in [1.29, 1.82) is 0 Å². The SMILES string of the molecule is CC(C)C(O)c1ccccc1C(F)(F)C(F)(F)C(F)(F)F. The molecule has 1 rings (SSSR count). The molecule has 0 fully saturated rings. The van der Waals surface area contributed by atoms with Gasteiger partial charge in [-0.3, -0.25) is 0 Å². The monoisotopic (exact) mass is 318 g/mol. The van der Waals surface area contributed by atoms with Crippen LogP contribution in [0.2, 0.25) is 0 Å². The standard InChI is InChI=1S/C13H13F7O/c1-7(2)10(21)8-5-3-4-6-9(8)11(14,15)12(16,17)13(18,19)20/h3-7,10,21H,1-2H3. The van der Waals surface area contributed by atoms with Gasteiger partial charge in [-0.15, -0.1) is 0 Å². The van der Waals surface area contributed by atoms with Gasteiger partial charge in [0.25, 0.3) is 0 Å². The van der Waals surface area contributed by atoms with Crippen LogP contribution < -0.4 is 0 Å². The highest BCUT2D eigenvalue weighted by Gasteiger charge is 2.73. The molecule has 0 aliphatic carbocycles. The number of rotatable bonds is 4. The van der Waals surface area contributed by atoms with E-state index in [-0.39, 0.29) is 0 Å². The number of aliphatic hydroxyl groups is 1. The first-order chi connectivity index (χ1) is 9.34. The molecule has 1 nitrogen and oxygen atoms in total. The molecule has 0 bridgehead atoms. The van der Waals surface area contributed by atoms with Gasteiger partial charge in [-0.2, -0.15) is 30.7 Å². The summed E-state index contributed by atoms with van der Waals surface area (Å²) in [6, 6.07) is 3.44. The molecule has 1 N–H and O–H groups in total. The summed E-state index contributed by atoms with van der Waals surface area (Å²) in [4.78, 5) is 0. The lowest BCUT2D eigenvalue weighted by Gasteiger charge is -2.31. The molecule has 1 aromatic rings. The molecular formula is C13H13F7O. The lowest BCUT2D eigenvalue weighted by molar-refractivity contribution is -0.359. The Morgan fingerprint density at radius 3 is 1.81 bits per heavy atom. The van der Waals surface area contributed by atoms with E-state index in [1.165, 1.54) is 19.9 Å². The van der Waals surface area contributed by atoms with Crippen LogP contribution in [-0.4, -0.2) is 17.2 Å². The summed E-state index contributed by atoms with van der Waals surface area (Å²) in [7, 11) is 0. The van der Waals surface area contributed by atoms with E-state index in [0.29, 0.717) is 6.07 Å². The van der Waals surface area contributed by atoms with Crippen LogP contribution in [0.4, 0.5) is 30.7 Å². The Labute approximate surface area is 116 Å². The first-order valence-corrected chi connectivity index (χ1v) is 5.94. The van der Waals surface area contributed by atoms with Gasteiger partial charge in [0.1, 0.15) is 0 Å². The molecule has 0 aliphatic heterocycles. The minimum atomic E-state index is -6.41. The van der Waals surface area contributed by atoms with Crippen molar-refractivity contribution in [3.63, 3.8) is 0 Å². The number of hydrogen-bond donors (Lipinski definition) is 1. The van der Waals surface area contributed by atoms with E-state index in [9.17, 15) is 35.8 Å². The van der Waals surface area contributed by atoms with Gasteiger partial charge < -0.3 is 5.11 Å². The average Bonchev–Trinajstić information content (AvgIpc) is 2.36. The second kappa shape index (κ2) is 5.47. The van der Waals surface area contributed by atoms with E-state index in [0.717, 1.165) is 12.1 Å². The lowest BCUT2D eigenvalue weighted by Crippen LogP contribution is -2.50. The number of benzene rings is 1. The van der Waals surface area contributed by atoms with Crippen molar-refractivity contribution >= 4 is 0 Å². The molecule has 1 atom stereocenters. The Hall–Kier alpha value is -1.31. The highest BCUT2D eigenvalue weighted by molar-refractivity contribution is 5.35. The Balaban J connectivity index is 3.46. The summed E-state index contributed by atoms with van der Waals surface area (Å²) >= 11 is 0. The maximum atomic E-state index is 13.7. The van der Waals surface area contributed by atoms with E-state index >= 15 is 0 Å². The molecule has 120 valence electrons. The average molecular weight is 318 g/mol. The number of hydrogen-bond acceptors (Lipinski definition) is 1. The predicted molar refractivity (Wildman–Crippen MR) is 61.1 cm³/mol. The van der Waals surface area contributed by atoms with Gasteiger partial charge in [0, 0.05) is 5.56 Å². The second-order valence-electron chi connectivity index (χ2n) is 4.92. The van der Waals surface area contributed by atoms with Crippen molar-refractivity contribution < 1.29 is 35.8 Å². The minimum absolute atomic E-state index is 0.459. The zero-order valence-corrected chi connectivity index (χ0v) is 11.1. The van der Waals surface area contributed by atoms with Gasteiger partial charge in [-0.25, -0.2) is 0 Å². The maximum absolute atomic E-state index is 13.7. The van der Waals surface area contributed by atoms with Gasteiger partial charge in [-0.05, 0) is 11.5 Å². The molecule has 0 spiro atoms. The molecule has 0 heterocycles. The van der Waals surface area contributed by atoms with Crippen molar-refractivity contribution in [2.24, 2.45) is 5.92 Å². The van der Waals surface area contributed by atoms with Gasteiger partial charge in [0.2, 0.25) is 0 Å². The Morgan fingerprint density at radius 1 is 0.905 bits per heavy atom. The third kappa shape index (κ3) is 3.00. The molecule has 0 aromatic heterocycles.